The number of nitrogens with one attached hydrogen (secondary N) is 1. The summed E-state index contributed by atoms with van der Waals surface area (Å²) in [6, 6.07) is -0.366. The van der Waals surface area contributed by atoms with Gasteiger partial charge >= 0.3 is 0 Å². The van der Waals surface area contributed by atoms with Crippen molar-refractivity contribution in [3.8, 4) is 0 Å². The molecule has 3 atom stereocenters. The minimum atomic E-state index is -0.961. The smallest absolute Gasteiger partial charge is 0.255 e. The molecular weight excluding hydrogens is 186 g/mol. The first kappa shape index (κ1) is 9.89. The number of carbonyl (C=O) groups excluding carboxylic acids is 1. The Hall–Kier alpha value is -0.650. The van der Waals surface area contributed by atoms with Crippen molar-refractivity contribution in [3.05, 3.63) is 0 Å². The lowest BCUT2D eigenvalue weighted by atomic mass is 9.99. The topological polar surface area (TPSA) is 67.8 Å². The fraction of sp³-hybridized carbons (Fsp3) is 0.889. The Morgan fingerprint density at radius 2 is 2.14 bits per heavy atom. The van der Waals surface area contributed by atoms with Crippen LogP contribution in [0.4, 0.5) is 0 Å². The third-order valence-corrected chi connectivity index (χ3v) is 2.74. The second kappa shape index (κ2) is 2.68. The molecule has 0 bridgehead atoms. The average molecular weight is 201 g/mol. The highest BCUT2D eigenvalue weighted by Crippen LogP contribution is 2.41. The largest absolute Gasteiger partial charge is 0.394 e. The van der Waals surface area contributed by atoms with Crippen molar-refractivity contribution >= 4 is 5.91 Å². The summed E-state index contributed by atoms with van der Waals surface area (Å²) in [4.78, 5) is 11.6. The average Bonchev–Trinajstić information content (AvgIpc) is 2.42. The Kier molecular flexibility index (Phi) is 1.90. The third kappa shape index (κ3) is 1.16. The van der Waals surface area contributed by atoms with E-state index in [0.29, 0.717) is 0 Å². The van der Waals surface area contributed by atoms with E-state index in [1.54, 1.807) is 20.8 Å². The van der Waals surface area contributed by atoms with Gasteiger partial charge in [-0.15, -0.1) is 0 Å². The van der Waals surface area contributed by atoms with Gasteiger partial charge in [0.1, 0.15) is 6.10 Å². The molecule has 14 heavy (non-hydrogen) atoms. The lowest BCUT2D eigenvalue weighted by Gasteiger charge is -2.21. The van der Waals surface area contributed by atoms with E-state index in [0.717, 1.165) is 0 Å². The molecule has 2 N–H and O–H groups in total. The van der Waals surface area contributed by atoms with Gasteiger partial charge in [-0.25, -0.2) is 0 Å². The fourth-order valence-corrected chi connectivity index (χ4v) is 2.18. The van der Waals surface area contributed by atoms with Crippen LogP contribution in [-0.2, 0) is 14.3 Å². The van der Waals surface area contributed by atoms with Crippen molar-refractivity contribution in [3.63, 3.8) is 0 Å². The van der Waals surface area contributed by atoms with E-state index in [1.807, 2.05) is 0 Å². The molecule has 0 radical (unpaired) electrons. The molecule has 0 aromatic heterocycles. The second-order valence-electron chi connectivity index (χ2n) is 4.41. The van der Waals surface area contributed by atoms with Crippen LogP contribution in [0.15, 0.2) is 0 Å². The molecule has 2 aliphatic heterocycles. The Morgan fingerprint density at radius 1 is 1.50 bits per heavy atom. The lowest BCUT2D eigenvalue weighted by Crippen LogP contribution is -2.41. The minimum absolute atomic E-state index is 0.133. The summed E-state index contributed by atoms with van der Waals surface area (Å²) in [7, 11) is 0. The van der Waals surface area contributed by atoms with Gasteiger partial charge in [0.15, 0.2) is 11.4 Å². The molecule has 2 saturated heterocycles. The number of aliphatic hydroxyl groups excluding tert-OH is 1. The first-order chi connectivity index (χ1) is 6.39. The van der Waals surface area contributed by atoms with Crippen molar-refractivity contribution in [1.29, 1.82) is 0 Å². The summed E-state index contributed by atoms with van der Waals surface area (Å²) in [5.41, 5.74) is -0.961. The molecule has 2 aliphatic rings. The van der Waals surface area contributed by atoms with Crippen LogP contribution in [0, 0.1) is 0 Å². The molecule has 2 rings (SSSR count). The molecule has 2 heterocycles. The van der Waals surface area contributed by atoms with Gasteiger partial charge in [0, 0.05) is 0 Å². The second-order valence-corrected chi connectivity index (χ2v) is 4.41. The predicted molar refractivity (Wildman–Crippen MR) is 47.5 cm³/mol. The van der Waals surface area contributed by atoms with E-state index in [-0.39, 0.29) is 18.6 Å². The van der Waals surface area contributed by atoms with Crippen molar-refractivity contribution in [1.82, 2.24) is 5.32 Å². The predicted octanol–water partition coefficient (Wildman–Crippen LogP) is -0.613. The van der Waals surface area contributed by atoms with Crippen molar-refractivity contribution < 1.29 is 19.4 Å². The number of carbonyl (C=O) groups is 1. The molecule has 0 aliphatic carbocycles. The van der Waals surface area contributed by atoms with Gasteiger partial charge in [-0.3, -0.25) is 4.79 Å². The van der Waals surface area contributed by atoms with Gasteiger partial charge < -0.3 is 19.9 Å². The molecule has 2 fully saturated rings. The maximum atomic E-state index is 11.6. The standard InChI is InChI=1S/C9H15NO4/c1-8(2)13-6-5(4-11)10-7(12)9(6,3)14-8/h5-6,11H,4H2,1-3H3,(H,10,12). The zero-order valence-electron chi connectivity index (χ0n) is 8.53. The molecule has 0 spiro atoms. The normalized spacial score (nSPS) is 45.0. The number of rotatable bonds is 1. The number of hydrogen-bond donors (Lipinski definition) is 2. The number of ether oxygens (including phenoxy) is 2. The van der Waals surface area contributed by atoms with E-state index in [2.05, 4.69) is 5.32 Å². The highest BCUT2D eigenvalue weighted by molar-refractivity contribution is 5.89. The van der Waals surface area contributed by atoms with Gasteiger partial charge in [-0.1, -0.05) is 0 Å². The van der Waals surface area contributed by atoms with Gasteiger partial charge in [0.05, 0.1) is 12.6 Å². The summed E-state index contributed by atoms with van der Waals surface area (Å²) < 4.78 is 11.1. The van der Waals surface area contributed by atoms with Crippen LogP contribution >= 0.6 is 0 Å². The molecule has 1 amide bonds. The van der Waals surface area contributed by atoms with Gasteiger partial charge in [-0.2, -0.15) is 0 Å². The Balaban J connectivity index is 2.30. The number of fused-ring (bicyclic) bond motifs is 1. The van der Waals surface area contributed by atoms with E-state index >= 15 is 0 Å². The maximum Gasteiger partial charge on any atom is 0.255 e. The number of amides is 1. The third-order valence-electron chi connectivity index (χ3n) is 2.74. The van der Waals surface area contributed by atoms with Crippen molar-refractivity contribution in [2.24, 2.45) is 0 Å². The zero-order valence-corrected chi connectivity index (χ0v) is 8.53. The molecule has 0 saturated carbocycles. The molecule has 0 aromatic rings. The molecular formula is C9H15NO4. The van der Waals surface area contributed by atoms with E-state index in [4.69, 9.17) is 14.6 Å². The number of hydrogen-bond acceptors (Lipinski definition) is 4. The Labute approximate surface area is 82.4 Å². The molecule has 5 nitrogen and oxygen atoms in total. The van der Waals surface area contributed by atoms with Crippen molar-refractivity contribution in [2.45, 2.75) is 44.3 Å². The summed E-state index contributed by atoms with van der Waals surface area (Å²) in [5.74, 6) is -0.975. The van der Waals surface area contributed by atoms with Crippen LogP contribution in [0.25, 0.3) is 0 Å². The van der Waals surface area contributed by atoms with E-state index in [9.17, 15) is 4.79 Å². The van der Waals surface area contributed by atoms with E-state index in [1.165, 1.54) is 0 Å². The monoisotopic (exact) mass is 201 g/mol. The highest BCUT2D eigenvalue weighted by Gasteiger charge is 2.62. The summed E-state index contributed by atoms with van der Waals surface area (Å²) >= 11 is 0. The Morgan fingerprint density at radius 3 is 2.71 bits per heavy atom. The van der Waals surface area contributed by atoms with Crippen molar-refractivity contribution in [2.75, 3.05) is 6.61 Å². The fourth-order valence-electron chi connectivity index (χ4n) is 2.18. The van der Waals surface area contributed by atoms with Crippen LogP contribution < -0.4 is 5.32 Å². The van der Waals surface area contributed by atoms with Crippen LogP contribution in [-0.4, -0.2) is 41.2 Å². The van der Waals surface area contributed by atoms with Crippen LogP contribution in [0.5, 0.6) is 0 Å². The highest BCUT2D eigenvalue weighted by atomic mass is 16.8. The zero-order chi connectivity index (χ0) is 10.6. The van der Waals surface area contributed by atoms with E-state index < -0.39 is 17.5 Å². The summed E-state index contributed by atoms with van der Waals surface area (Å²) in [5, 5.41) is 11.7. The Bertz CT molecular complexity index is 278. The van der Waals surface area contributed by atoms with Crippen LogP contribution in [0.3, 0.4) is 0 Å². The first-order valence-corrected chi connectivity index (χ1v) is 4.69. The van der Waals surface area contributed by atoms with Gasteiger partial charge in [0.25, 0.3) is 5.91 Å². The maximum absolute atomic E-state index is 11.6. The van der Waals surface area contributed by atoms with Crippen LogP contribution in [0.1, 0.15) is 20.8 Å². The van der Waals surface area contributed by atoms with Gasteiger partial charge in [0.2, 0.25) is 0 Å². The first-order valence-electron chi connectivity index (χ1n) is 4.69. The molecule has 80 valence electrons. The molecule has 5 heteroatoms. The van der Waals surface area contributed by atoms with Gasteiger partial charge in [-0.05, 0) is 20.8 Å². The van der Waals surface area contributed by atoms with Crippen LogP contribution in [0.2, 0.25) is 0 Å². The summed E-state index contributed by atoms with van der Waals surface area (Å²) in [6.07, 6.45) is -0.407. The SMILES string of the molecule is CC1(C)OC2C(CO)NC(=O)C2(C)O1. The molecule has 0 aromatic carbocycles. The number of aliphatic hydroxyl groups is 1. The quantitative estimate of drug-likeness (QED) is 0.593. The lowest BCUT2D eigenvalue weighted by molar-refractivity contribution is -0.175. The summed E-state index contributed by atoms with van der Waals surface area (Å²) in [6.45, 7) is 5.08. The molecule has 3 unspecified atom stereocenters. The minimum Gasteiger partial charge on any atom is -0.394 e.